The molecule has 2 rings (SSSR count). The van der Waals surface area contributed by atoms with Gasteiger partial charge in [-0.2, -0.15) is 0 Å². The molecule has 7 nitrogen and oxygen atoms in total. The predicted octanol–water partition coefficient (Wildman–Crippen LogP) is 2.37. The molecule has 0 aliphatic heterocycles. The Morgan fingerprint density at radius 2 is 1.96 bits per heavy atom. The standard InChI is InChI=1S/C14H16N2O5S2/c1-4-16(14-15-9(2)12(22-14)13(17)18)23(19,20)11-7-5-10(21-3)6-8-11/h5-8H,4H2,1-3H3,(H,17,18). The monoisotopic (exact) mass is 356 g/mol. The summed E-state index contributed by atoms with van der Waals surface area (Å²) >= 11 is 0.841. The van der Waals surface area contributed by atoms with Crippen molar-refractivity contribution in [1.82, 2.24) is 4.98 Å². The van der Waals surface area contributed by atoms with Gasteiger partial charge in [0.05, 0.1) is 17.7 Å². The number of carbonyl (C=O) groups is 1. The highest BCUT2D eigenvalue weighted by Gasteiger charge is 2.28. The molecular formula is C14H16N2O5S2. The van der Waals surface area contributed by atoms with E-state index in [0.29, 0.717) is 11.4 Å². The van der Waals surface area contributed by atoms with Crippen LogP contribution in [0.3, 0.4) is 0 Å². The minimum Gasteiger partial charge on any atom is -0.497 e. The number of rotatable bonds is 6. The zero-order valence-electron chi connectivity index (χ0n) is 12.8. The normalized spacial score (nSPS) is 11.3. The molecule has 1 heterocycles. The second kappa shape index (κ2) is 6.55. The Bertz CT molecular complexity index is 812. The SMILES string of the molecule is CCN(c1nc(C)c(C(=O)O)s1)S(=O)(=O)c1ccc(OC)cc1. The first kappa shape index (κ1) is 17.2. The van der Waals surface area contributed by atoms with Crippen molar-refractivity contribution in [3.63, 3.8) is 0 Å². The lowest BCUT2D eigenvalue weighted by atomic mass is 10.3. The van der Waals surface area contributed by atoms with Gasteiger partial charge in [-0.15, -0.1) is 0 Å². The second-order valence-electron chi connectivity index (χ2n) is 4.56. The van der Waals surface area contributed by atoms with Crippen molar-refractivity contribution in [2.24, 2.45) is 0 Å². The van der Waals surface area contributed by atoms with Gasteiger partial charge < -0.3 is 9.84 Å². The van der Waals surface area contributed by atoms with Gasteiger partial charge in [0, 0.05) is 6.54 Å². The van der Waals surface area contributed by atoms with Crippen molar-refractivity contribution < 1.29 is 23.1 Å². The third kappa shape index (κ3) is 3.30. The average molecular weight is 356 g/mol. The topological polar surface area (TPSA) is 96.8 Å². The largest absolute Gasteiger partial charge is 0.497 e. The number of carboxylic acid groups (broad SMARTS) is 1. The summed E-state index contributed by atoms with van der Waals surface area (Å²) in [5, 5.41) is 9.24. The first-order chi connectivity index (χ1) is 10.8. The van der Waals surface area contributed by atoms with Crippen LogP contribution in [0, 0.1) is 6.92 Å². The minimum atomic E-state index is -3.83. The second-order valence-corrected chi connectivity index (χ2v) is 7.40. The fourth-order valence-corrected chi connectivity index (χ4v) is 4.57. The van der Waals surface area contributed by atoms with Gasteiger partial charge >= 0.3 is 5.97 Å². The van der Waals surface area contributed by atoms with Crippen LogP contribution >= 0.6 is 11.3 Å². The van der Waals surface area contributed by atoms with Crippen LogP contribution in [0.15, 0.2) is 29.2 Å². The molecule has 1 N–H and O–H groups in total. The molecule has 124 valence electrons. The Morgan fingerprint density at radius 1 is 1.35 bits per heavy atom. The van der Waals surface area contributed by atoms with E-state index < -0.39 is 16.0 Å². The number of ether oxygens (including phenoxy) is 1. The predicted molar refractivity (Wildman–Crippen MR) is 87.0 cm³/mol. The number of benzene rings is 1. The van der Waals surface area contributed by atoms with Crippen molar-refractivity contribution in [1.29, 1.82) is 0 Å². The van der Waals surface area contributed by atoms with Gasteiger partial charge in [0.2, 0.25) is 0 Å². The number of hydrogen-bond acceptors (Lipinski definition) is 6. The smallest absolute Gasteiger partial charge is 0.347 e. The zero-order chi connectivity index (χ0) is 17.2. The van der Waals surface area contributed by atoms with Crippen molar-refractivity contribution in [2.45, 2.75) is 18.7 Å². The number of nitrogens with zero attached hydrogens (tertiary/aromatic N) is 2. The molecule has 0 fully saturated rings. The van der Waals surface area contributed by atoms with E-state index in [1.807, 2.05) is 0 Å². The van der Waals surface area contributed by atoms with E-state index in [-0.39, 0.29) is 21.4 Å². The Morgan fingerprint density at radius 3 is 2.39 bits per heavy atom. The lowest BCUT2D eigenvalue weighted by Crippen LogP contribution is -2.30. The molecular weight excluding hydrogens is 340 g/mol. The van der Waals surface area contributed by atoms with Gasteiger partial charge in [0.15, 0.2) is 5.13 Å². The maximum Gasteiger partial charge on any atom is 0.347 e. The molecule has 1 aromatic heterocycles. The molecule has 0 saturated carbocycles. The van der Waals surface area contributed by atoms with E-state index in [1.165, 1.54) is 26.2 Å². The summed E-state index contributed by atoms with van der Waals surface area (Å²) in [6.07, 6.45) is 0. The van der Waals surface area contributed by atoms with E-state index >= 15 is 0 Å². The highest BCUT2D eigenvalue weighted by Crippen LogP contribution is 2.30. The van der Waals surface area contributed by atoms with Gasteiger partial charge in [-0.25, -0.2) is 22.5 Å². The molecule has 0 aliphatic rings. The molecule has 23 heavy (non-hydrogen) atoms. The highest BCUT2D eigenvalue weighted by molar-refractivity contribution is 7.93. The van der Waals surface area contributed by atoms with E-state index in [2.05, 4.69) is 4.98 Å². The summed E-state index contributed by atoms with van der Waals surface area (Å²) in [4.78, 5) is 15.3. The Hall–Kier alpha value is -2.13. The Kier molecular flexibility index (Phi) is 4.90. The van der Waals surface area contributed by atoms with E-state index in [9.17, 15) is 13.2 Å². The van der Waals surface area contributed by atoms with Crippen LogP contribution < -0.4 is 9.04 Å². The number of thiazole rings is 1. The molecule has 0 spiro atoms. The van der Waals surface area contributed by atoms with E-state index in [0.717, 1.165) is 15.6 Å². The average Bonchev–Trinajstić information content (AvgIpc) is 2.89. The molecule has 0 saturated heterocycles. The van der Waals surface area contributed by atoms with Gasteiger partial charge in [0.25, 0.3) is 10.0 Å². The van der Waals surface area contributed by atoms with Crippen LogP contribution in [-0.2, 0) is 10.0 Å². The summed E-state index contributed by atoms with van der Waals surface area (Å²) in [5.41, 5.74) is 0.292. The van der Waals surface area contributed by atoms with Crippen molar-refractivity contribution in [3.05, 3.63) is 34.8 Å². The maximum atomic E-state index is 12.8. The lowest BCUT2D eigenvalue weighted by Gasteiger charge is -2.19. The van der Waals surface area contributed by atoms with Crippen LogP contribution in [0.25, 0.3) is 0 Å². The Labute approximate surface area is 138 Å². The van der Waals surface area contributed by atoms with Crippen LogP contribution in [-0.4, -0.2) is 38.1 Å². The lowest BCUT2D eigenvalue weighted by molar-refractivity contribution is 0.0701. The third-order valence-corrected chi connectivity index (χ3v) is 6.29. The molecule has 0 amide bonds. The summed E-state index contributed by atoms with van der Waals surface area (Å²) in [5.74, 6) is -0.575. The molecule has 9 heteroatoms. The molecule has 1 aromatic carbocycles. The number of aryl methyl sites for hydroxylation is 1. The van der Waals surface area contributed by atoms with Gasteiger partial charge in [-0.3, -0.25) is 0 Å². The van der Waals surface area contributed by atoms with Crippen molar-refractivity contribution in [3.8, 4) is 5.75 Å². The number of aromatic carboxylic acids is 1. The summed E-state index contributed by atoms with van der Waals surface area (Å²) in [6, 6.07) is 5.98. The van der Waals surface area contributed by atoms with Gasteiger partial charge in [-0.05, 0) is 38.1 Å². The van der Waals surface area contributed by atoms with Gasteiger partial charge in [-0.1, -0.05) is 11.3 Å². The minimum absolute atomic E-state index is 0.0309. The maximum absolute atomic E-state index is 12.8. The van der Waals surface area contributed by atoms with Crippen LogP contribution in [0.4, 0.5) is 5.13 Å². The number of sulfonamides is 1. The van der Waals surface area contributed by atoms with Crippen molar-refractivity contribution >= 4 is 32.5 Å². The quantitative estimate of drug-likeness (QED) is 0.853. The Balaban J connectivity index is 2.46. The molecule has 0 atom stereocenters. The molecule has 0 radical (unpaired) electrons. The van der Waals surface area contributed by atoms with E-state index in [4.69, 9.17) is 9.84 Å². The third-order valence-electron chi connectivity index (χ3n) is 3.13. The number of anilines is 1. The molecule has 0 aliphatic carbocycles. The molecule has 0 unspecified atom stereocenters. The number of aromatic nitrogens is 1. The fourth-order valence-electron chi connectivity index (χ4n) is 1.97. The summed E-state index contributed by atoms with van der Waals surface area (Å²) in [7, 11) is -2.33. The van der Waals surface area contributed by atoms with Crippen LogP contribution in [0.1, 0.15) is 22.3 Å². The first-order valence-corrected chi connectivity index (χ1v) is 8.94. The number of hydrogen-bond donors (Lipinski definition) is 1. The zero-order valence-corrected chi connectivity index (χ0v) is 14.4. The van der Waals surface area contributed by atoms with E-state index in [1.54, 1.807) is 19.1 Å². The van der Waals surface area contributed by atoms with Crippen LogP contribution in [0.2, 0.25) is 0 Å². The van der Waals surface area contributed by atoms with Gasteiger partial charge in [0.1, 0.15) is 10.6 Å². The number of methoxy groups -OCH3 is 1. The highest BCUT2D eigenvalue weighted by atomic mass is 32.2. The number of carboxylic acids is 1. The summed E-state index contributed by atoms with van der Waals surface area (Å²) < 4.78 is 31.6. The molecule has 0 bridgehead atoms. The molecule has 2 aromatic rings. The van der Waals surface area contributed by atoms with Crippen molar-refractivity contribution in [2.75, 3.05) is 18.0 Å². The van der Waals surface area contributed by atoms with Crippen LogP contribution in [0.5, 0.6) is 5.75 Å². The fraction of sp³-hybridized carbons (Fsp3) is 0.286. The first-order valence-electron chi connectivity index (χ1n) is 6.68. The summed E-state index contributed by atoms with van der Waals surface area (Å²) in [6.45, 7) is 3.34.